The molecule has 2 aromatic carbocycles. The van der Waals surface area contributed by atoms with Crippen LogP contribution in [0.2, 0.25) is 0 Å². The summed E-state index contributed by atoms with van der Waals surface area (Å²) < 4.78 is 29.1. The molecule has 0 spiro atoms. The zero-order valence-electron chi connectivity index (χ0n) is 11.2. The van der Waals surface area contributed by atoms with Gasteiger partial charge in [0.05, 0.1) is 4.90 Å². The molecular formula is C15H13BrO4S. The number of ketones is 1. The summed E-state index contributed by atoms with van der Waals surface area (Å²) in [7, 11) is -3.29. The lowest BCUT2D eigenvalue weighted by Gasteiger charge is -2.07. The molecule has 0 fully saturated rings. The minimum Gasteiger partial charge on any atom is -0.485 e. The fourth-order valence-corrected chi connectivity index (χ4v) is 2.74. The van der Waals surface area contributed by atoms with Gasteiger partial charge in [-0.05, 0) is 30.3 Å². The van der Waals surface area contributed by atoms with Crippen LogP contribution in [0.15, 0.2) is 57.9 Å². The lowest BCUT2D eigenvalue weighted by atomic mass is 10.1. The van der Waals surface area contributed by atoms with Crippen LogP contribution in [-0.4, -0.2) is 27.1 Å². The predicted octanol–water partition coefficient (Wildman–Crippen LogP) is 3.11. The number of benzene rings is 2. The van der Waals surface area contributed by atoms with Gasteiger partial charge in [0.15, 0.2) is 22.2 Å². The Morgan fingerprint density at radius 1 is 1.14 bits per heavy atom. The first-order valence-electron chi connectivity index (χ1n) is 6.08. The van der Waals surface area contributed by atoms with Crippen LogP contribution in [0.25, 0.3) is 0 Å². The molecule has 4 nitrogen and oxygen atoms in total. The molecule has 0 bridgehead atoms. The molecule has 21 heavy (non-hydrogen) atoms. The van der Waals surface area contributed by atoms with E-state index in [1.165, 1.54) is 12.1 Å². The molecule has 6 heteroatoms. The summed E-state index contributed by atoms with van der Waals surface area (Å²) in [6, 6.07) is 13.1. The van der Waals surface area contributed by atoms with E-state index in [2.05, 4.69) is 15.9 Å². The highest BCUT2D eigenvalue weighted by Gasteiger charge is 2.10. The maximum Gasteiger partial charge on any atom is 0.200 e. The molecule has 0 saturated heterocycles. The van der Waals surface area contributed by atoms with Gasteiger partial charge in [-0.2, -0.15) is 0 Å². The number of ether oxygens (including phenoxy) is 1. The number of halogens is 1. The average molecular weight is 369 g/mol. The van der Waals surface area contributed by atoms with Crippen molar-refractivity contribution in [2.75, 3.05) is 12.9 Å². The zero-order valence-corrected chi connectivity index (χ0v) is 13.6. The van der Waals surface area contributed by atoms with Gasteiger partial charge in [-0.25, -0.2) is 8.42 Å². The molecule has 110 valence electrons. The SMILES string of the molecule is CS(=O)(=O)c1cccc(OCC(=O)c2cccc(Br)c2)c1. The van der Waals surface area contributed by atoms with Crippen LogP contribution in [0.4, 0.5) is 0 Å². The Kier molecular flexibility index (Phi) is 4.80. The molecule has 2 aromatic rings. The monoisotopic (exact) mass is 368 g/mol. The van der Waals surface area contributed by atoms with E-state index in [9.17, 15) is 13.2 Å². The molecule has 0 aromatic heterocycles. The van der Waals surface area contributed by atoms with Gasteiger partial charge in [0.2, 0.25) is 0 Å². The summed E-state index contributed by atoms with van der Waals surface area (Å²) in [5.41, 5.74) is 0.531. The smallest absolute Gasteiger partial charge is 0.200 e. The van der Waals surface area contributed by atoms with Crippen LogP contribution in [0.1, 0.15) is 10.4 Å². The Morgan fingerprint density at radius 2 is 1.86 bits per heavy atom. The molecule has 0 unspecified atom stereocenters. The van der Waals surface area contributed by atoms with Crippen molar-refractivity contribution in [1.82, 2.24) is 0 Å². The van der Waals surface area contributed by atoms with Crippen molar-refractivity contribution in [2.24, 2.45) is 0 Å². The van der Waals surface area contributed by atoms with Crippen molar-refractivity contribution in [3.8, 4) is 5.75 Å². The van der Waals surface area contributed by atoms with Gasteiger partial charge in [-0.15, -0.1) is 0 Å². The third-order valence-corrected chi connectivity index (χ3v) is 4.35. The number of hydrogen-bond acceptors (Lipinski definition) is 4. The van der Waals surface area contributed by atoms with E-state index in [0.29, 0.717) is 11.3 Å². The summed E-state index contributed by atoms with van der Waals surface area (Å²) >= 11 is 3.30. The fraction of sp³-hybridized carbons (Fsp3) is 0.133. The van der Waals surface area contributed by atoms with Gasteiger partial charge in [0.25, 0.3) is 0 Å². The fourth-order valence-electron chi connectivity index (χ4n) is 1.69. The topological polar surface area (TPSA) is 60.4 Å². The van der Waals surface area contributed by atoms with Gasteiger partial charge in [-0.1, -0.05) is 34.1 Å². The summed E-state index contributed by atoms with van der Waals surface area (Å²) in [5, 5.41) is 0. The van der Waals surface area contributed by atoms with Crippen molar-refractivity contribution in [1.29, 1.82) is 0 Å². The number of rotatable bonds is 5. The first-order valence-corrected chi connectivity index (χ1v) is 8.76. The molecule has 0 radical (unpaired) electrons. The van der Waals surface area contributed by atoms with E-state index in [1.807, 2.05) is 6.07 Å². The number of carbonyl (C=O) groups excluding carboxylic acids is 1. The van der Waals surface area contributed by atoms with E-state index >= 15 is 0 Å². The predicted molar refractivity (Wildman–Crippen MR) is 83.5 cm³/mol. The van der Waals surface area contributed by atoms with Gasteiger partial charge < -0.3 is 4.74 Å². The normalized spacial score (nSPS) is 11.1. The van der Waals surface area contributed by atoms with Gasteiger partial charge in [0.1, 0.15) is 5.75 Å². The third-order valence-electron chi connectivity index (χ3n) is 2.75. The van der Waals surface area contributed by atoms with Crippen LogP contribution < -0.4 is 4.74 Å². The first-order chi connectivity index (χ1) is 9.86. The maximum absolute atomic E-state index is 12.0. The van der Waals surface area contributed by atoms with E-state index in [4.69, 9.17) is 4.74 Å². The lowest BCUT2D eigenvalue weighted by molar-refractivity contribution is 0.0921. The Labute approximate surface area is 131 Å². The number of hydrogen-bond donors (Lipinski definition) is 0. The van der Waals surface area contributed by atoms with Crippen LogP contribution in [0.5, 0.6) is 5.75 Å². The molecule has 2 rings (SSSR count). The van der Waals surface area contributed by atoms with Crippen molar-refractivity contribution >= 4 is 31.6 Å². The molecule has 0 aliphatic heterocycles. The summed E-state index contributed by atoms with van der Waals surface area (Å²) in [5.74, 6) is 0.169. The second-order valence-electron chi connectivity index (χ2n) is 4.47. The Hall–Kier alpha value is -1.66. The Balaban J connectivity index is 2.08. The molecule has 0 N–H and O–H groups in total. The van der Waals surface area contributed by atoms with E-state index < -0.39 is 9.84 Å². The Morgan fingerprint density at radius 3 is 2.52 bits per heavy atom. The van der Waals surface area contributed by atoms with Gasteiger partial charge >= 0.3 is 0 Å². The van der Waals surface area contributed by atoms with Crippen LogP contribution in [-0.2, 0) is 9.84 Å². The maximum atomic E-state index is 12.0. The highest BCUT2D eigenvalue weighted by Crippen LogP contribution is 2.18. The molecule has 0 saturated carbocycles. The highest BCUT2D eigenvalue weighted by molar-refractivity contribution is 9.10. The second-order valence-corrected chi connectivity index (χ2v) is 7.40. The summed E-state index contributed by atoms with van der Waals surface area (Å²) in [6.45, 7) is -0.149. The highest BCUT2D eigenvalue weighted by atomic mass is 79.9. The zero-order chi connectivity index (χ0) is 15.5. The standard InChI is InChI=1S/C15H13BrO4S/c1-21(18,19)14-7-3-6-13(9-14)20-10-15(17)11-4-2-5-12(16)8-11/h2-9H,10H2,1H3. The molecule has 0 heterocycles. The van der Waals surface area contributed by atoms with Gasteiger partial charge in [0, 0.05) is 16.3 Å². The van der Waals surface area contributed by atoms with E-state index in [-0.39, 0.29) is 17.3 Å². The van der Waals surface area contributed by atoms with Crippen LogP contribution in [0, 0.1) is 0 Å². The van der Waals surface area contributed by atoms with Crippen molar-refractivity contribution in [2.45, 2.75) is 4.90 Å². The number of Topliss-reactive ketones (excluding diaryl/α,β-unsaturated/α-hetero) is 1. The molecule has 0 atom stereocenters. The lowest BCUT2D eigenvalue weighted by Crippen LogP contribution is -2.11. The molecule has 0 amide bonds. The van der Waals surface area contributed by atoms with Crippen LogP contribution in [0.3, 0.4) is 0 Å². The minimum atomic E-state index is -3.29. The first kappa shape index (κ1) is 15.7. The third kappa shape index (κ3) is 4.41. The minimum absolute atomic E-state index is 0.149. The van der Waals surface area contributed by atoms with E-state index in [0.717, 1.165) is 10.7 Å². The number of sulfone groups is 1. The quantitative estimate of drug-likeness (QED) is 0.760. The van der Waals surface area contributed by atoms with Crippen molar-refractivity contribution < 1.29 is 17.9 Å². The summed E-state index contributed by atoms with van der Waals surface area (Å²) in [6.07, 6.45) is 1.12. The second kappa shape index (κ2) is 6.41. The molecule has 0 aliphatic rings. The van der Waals surface area contributed by atoms with Crippen molar-refractivity contribution in [3.63, 3.8) is 0 Å². The Bertz CT molecular complexity index is 769. The van der Waals surface area contributed by atoms with Gasteiger partial charge in [-0.3, -0.25) is 4.79 Å². The van der Waals surface area contributed by atoms with E-state index in [1.54, 1.807) is 30.3 Å². The summed E-state index contributed by atoms with van der Waals surface area (Å²) in [4.78, 5) is 12.1. The van der Waals surface area contributed by atoms with Crippen LogP contribution >= 0.6 is 15.9 Å². The largest absolute Gasteiger partial charge is 0.485 e. The van der Waals surface area contributed by atoms with Crippen molar-refractivity contribution in [3.05, 3.63) is 58.6 Å². The molecular weight excluding hydrogens is 356 g/mol. The molecule has 0 aliphatic carbocycles. The average Bonchev–Trinajstić information content (AvgIpc) is 2.44. The number of carbonyl (C=O) groups is 1.